The minimum atomic E-state index is -0.298. The van der Waals surface area contributed by atoms with Crippen LogP contribution in [0.3, 0.4) is 0 Å². The minimum absolute atomic E-state index is 0.213. The Morgan fingerprint density at radius 3 is 2.65 bits per heavy atom. The van der Waals surface area contributed by atoms with Crippen molar-refractivity contribution >= 4 is 23.2 Å². The van der Waals surface area contributed by atoms with E-state index in [0.29, 0.717) is 10.6 Å². The van der Waals surface area contributed by atoms with Gasteiger partial charge in [-0.25, -0.2) is 5.43 Å². The third kappa shape index (κ3) is 3.22. The average molecular weight is 329 g/mol. The molecule has 1 aliphatic carbocycles. The molecule has 23 heavy (non-hydrogen) atoms. The van der Waals surface area contributed by atoms with Crippen molar-refractivity contribution in [1.82, 2.24) is 5.43 Å². The number of amides is 1. The van der Waals surface area contributed by atoms with Gasteiger partial charge in [0, 0.05) is 16.1 Å². The largest absolute Gasteiger partial charge is 0.507 e. The van der Waals surface area contributed by atoms with Gasteiger partial charge in [-0.1, -0.05) is 17.7 Å². The zero-order valence-corrected chi connectivity index (χ0v) is 13.5. The van der Waals surface area contributed by atoms with E-state index in [1.807, 2.05) is 13.0 Å². The first kappa shape index (κ1) is 15.6. The first-order chi connectivity index (χ1) is 11.1. The van der Waals surface area contributed by atoms with Gasteiger partial charge < -0.3 is 5.11 Å². The maximum Gasteiger partial charge on any atom is 0.271 e. The lowest BCUT2D eigenvalue weighted by molar-refractivity contribution is 0.0954. The van der Waals surface area contributed by atoms with Gasteiger partial charge in [-0.05, 0) is 67.6 Å². The fraction of sp³-hybridized carbons (Fsp3) is 0.222. The van der Waals surface area contributed by atoms with E-state index in [0.717, 1.165) is 41.7 Å². The number of aryl methyl sites for hydroxylation is 1. The van der Waals surface area contributed by atoms with Crippen molar-refractivity contribution in [3.63, 3.8) is 0 Å². The summed E-state index contributed by atoms with van der Waals surface area (Å²) >= 11 is 5.82. The second kappa shape index (κ2) is 6.42. The Bertz CT molecular complexity index is 782. The number of carbonyl (C=O) groups excluding carboxylic acids is 1. The molecule has 0 bridgehead atoms. The summed E-state index contributed by atoms with van der Waals surface area (Å²) in [6.07, 6.45) is 2.59. The second-order valence-corrected chi connectivity index (χ2v) is 6.05. The monoisotopic (exact) mass is 328 g/mol. The Labute approximate surface area is 139 Å². The number of benzene rings is 2. The highest BCUT2D eigenvalue weighted by atomic mass is 35.5. The third-order valence-electron chi connectivity index (χ3n) is 4.05. The predicted octanol–water partition coefficient (Wildman–Crippen LogP) is 3.82. The number of hydrazone groups is 1. The van der Waals surface area contributed by atoms with Crippen molar-refractivity contribution in [2.75, 3.05) is 0 Å². The molecule has 3 rings (SSSR count). The van der Waals surface area contributed by atoms with Crippen LogP contribution in [0.1, 0.15) is 39.9 Å². The summed E-state index contributed by atoms with van der Waals surface area (Å²) in [7, 11) is 0. The number of phenols is 1. The summed E-state index contributed by atoms with van der Waals surface area (Å²) in [6.45, 7) is 2.02. The van der Waals surface area contributed by atoms with Crippen LogP contribution in [0, 0.1) is 6.92 Å². The van der Waals surface area contributed by atoms with E-state index >= 15 is 0 Å². The Hall–Kier alpha value is -2.33. The van der Waals surface area contributed by atoms with Gasteiger partial charge in [0.1, 0.15) is 5.75 Å². The summed E-state index contributed by atoms with van der Waals surface area (Å²) < 4.78 is 0. The van der Waals surface area contributed by atoms with Crippen molar-refractivity contribution in [2.45, 2.75) is 26.2 Å². The molecular weight excluding hydrogens is 312 g/mol. The fourth-order valence-corrected chi connectivity index (χ4v) is 2.96. The highest BCUT2D eigenvalue weighted by molar-refractivity contribution is 6.30. The molecule has 1 amide bonds. The van der Waals surface area contributed by atoms with Crippen LogP contribution in [-0.2, 0) is 6.42 Å². The van der Waals surface area contributed by atoms with Gasteiger partial charge in [-0.2, -0.15) is 5.10 Å². The highest BCUT2D eigenvalue weighted by Crippen LogP contribution is 2.31. The van der Waals surface area contributed by atoms with Crippen LogP contribution >= 0.6 is 11.6 Å². The molecule has 2 aromatic rings. The lowest BCUT2D eigenvalue weighted by Gasteiger charge is -2.21. The molecule has 2 aromatic carbocycles. The number of fused-ring (bicyclic) bond motifs is 1. The van der Waals surface area contributed by atoms with Gasteiger partial charge in [0.25, 0.3) is 5.91 Å². The van der Waals surface area contributed by atoms with E-state index in [-0.39, 0.29) is 11.7 Å². The Kier molecular flexibility index (Phi) is 4.35. The van der Waals surface area contributed by atoms with Crippen LogP contribution in [0.4, 0.5) is 0 Å². The number of nitrogens with one attached hydrogen (secondary N) is 1. The number of nitrogens with zero attached hydrogens (tertiary/aromatic N) is 1. The number of halogens is 1. The second-order valence-electron chi connectivity index (χ2n) is 5.62. The van der Waals surface area contributed by atoms with Crippen molar-refractivity contribution in [3.8, 4) is 5.75 Å². The third-order valence-corrected chi connectivity index (χ3v) is 4.30. The fourth-order valence-electron chi connectivity index (χ4n) is 2.84. The lowest BCUT2D eigenvalue weighted by atomic mass is 9.86. The van der Waals surface area contributed by atoms with Crippen LogP contribution < -0.4 is 5.43 Å². The Balaban J connectivity index is 1.86. The van der Waals surface area contributed by atoms with Gasteiger partial charge in [-0.15, -0.1) is 0 Å². The van der Waals surface area contributed by atoms with E-state index in [9.17, 15) is 9.90 Å². The molecular formula is C18H17ClN2O2. The Morgan fingerprint density at radius 1 is 1.17 bits per heavy atom. The number of phenolic OH excluding ortho intramolecular Hbond substituents is 1. The zero-order valence-electron chi connectivity index (χ0n) is 12.8. The van der Waals surface area contributed by atoms with Gasteiger partial charge in [0.05, 0.1) is 5.71 Å². The van der Waals surface area contributed by atoms with Gasteiger partial charge in [-0.3, -0.25) is 4.79 Å². The molecule has 5 heteroatoms. The lowest BCUT2D eigenvalue weighted by Crippen LogP contribution is -2.22. The highest BCUT2D eigenvalue weighted by Gasteiger charge is 2.21. The van der Waals surface area contributed by atoms with E-state index in [2.05, 4.69) is 10.5 Å². The summed E-state index contributed by atoms with van der Waals surface area (Å²) in [5, 5.41) is 15.0. The molecule has 1 aliphatic rings. The maximum atomic E-state index is 12.1. The zero-order chi connectivity index (χ0) is 16.4. The quantitative estimate of drug-likeness (QED) is 0.823. The van der Waals surface area contributed by atoms with Crippen LogP contribution in [-0.4, -0.2) is 16.7 Å². The molecule has 0 aliphatic heterocycles. The summed E-state index contributed by atoms with van der Waals surface area (Å²) in [5.41, 5.74) is 6.77. The normalized spacial score (nSPS) is 15.3. The van der Waals surface area contributed by atoms with Crippen molar-refractivity contribution < 1.29 is 9.90 Å². The molecule has 118 valence electrons. The van der Waals surface area contributed by atoms with Gasteiger partial charge in [0.2, 0.25) is 0 Å². The van der Waals surface area contributed by atoms with Crippen LogP contribution in [0.2, 0.25) is 5.02 Å². The molecule has 0 heterocycles. The molecule has 0 aromatic heterocycles. The van der Waals surface area contributed by atoms with Crippen LogP contribution in [0.5, 0.6) is 5.75 Å². The number of rotatable bonds is 2. The first-order valence-corrected chi connectivity index (χ1v) is 7.88. The molecule has 0 fully saturated rings. The molecule has 0 spiro atoms. The topological polar surface area (TPSA) is 61.7 Å². The Morgan fingerprint density at radius 2 is 1.91 bits per heavy atom. The van der Waals surface area contributed by atoms with E-state index in [1.165, 1.54) is 0 Å². The molecule has 0 saturated carbocycles. The molecule has 4 nitrogen and oxygen atoms in total. The first-order valence-electron chi connectivity index (χ1n) is 7.50. The number of carbonyl (C=O) groups is 1. The standard InChI is InChI=1S/C18H17ClN2O2/c1-11-5-10-16(22)17-14(11)3-2-4-15(17)20-21-18(23)12-6-8-13(19)9-7-12/h5-10,22H,2-4H2,1H3,(H,21,23)/b20-15+. The van der Waals surface area contributed by atoms with E-state index < -0.39 is 0 Å². The number of hydrogen-bond acceptors (Lipinski definition) is 3. The van der Waals surface area contributed by atoms with Crippen LogP contribution in [0.15, 0.2) is 41.5 Å². The predicted molar refractivity (Wildman–Crippen MR) is 91.2 cm³/mol. The smallest absolute Gasteiger partial charge is 0.271 e. The van der Waals surface area contributed by atoms with Crippen molar-refractivity contribution in [2.24, 2.45) is 5.10 Å². The molecule has 0 saturated heterocycles. The van der Waals surface area contributed by atoms with E-state index in [4.69, 9.17) is 11.6 Å². The summed E-state index contributed by atoms with van der Waals surface area (Å²) in [5.74, 6) is -0.0850. The maximum absolute atomic E-state index is 12.1. The minimum Gasteiger partial charge on any atom is -0.507 e. The van der Waals surface area contributed by atoms with Crippen molar-refractivity contribution in [1.29, 1.82) is 0 Å². The number of hydrogen-bond donors (Lipinski definition) is 2. The van der Waals surface area contributed by atoms with E-state index in [1.54, 1.807) is 30.3 Å². The summed E-state index contributed by atoms with van der Waals surface area (Å²) in [4.78, 5) is 12.1. The van der Waals surface area contributed by atoms with Crippen molar-refractivity contribution in [3.05, 3.63) is 63.7 Å². The average Bonchev–Trinajstić information content (AvgIpc) is 2.56. The number of aromatic hydroxyl groups is 1. The molecule has 0 atom stereocenters. The van der Waals surface area contributed by atoms with Gasteiger partial charge in [0.15, 0.2) is 0 Å². The molecule has 2 N–H and O–H groups in total. The summed E-state index contributed by atoms with van der Waals surface area (Å²) in [6, 6.07) is 10.2. The SMILES string of the molecule is Cc1ccc(O)c2c1CCC/C2=N\NC(=O)c1ccc(Cl)cc1. The molecule has 0 unspecified atom stereocenters. The molecule has 0 radical (unpaired) electrons. The van der Waals surface area contributed by atoms with Crippen LogP contribution in [0.25, 0.3) is 0 Å². The van der Waals surface area contributed by atoms with Gasteiger partial charge >= 0.3 is 0 Å².